The van der Waals surface area contributed by atoms with Gasteiger partial charge in [0.2, 0.25) is 0 Å². The van der Waals surface area contributed by atoms with E-state index >= 15 is 0 Å². The lowest BCUT2D eigenvalue weighted by atomic mass is 10.1. The van der Waals surface area contributed by atoms with Gasteiger partial charge in [-0.3, -0.25) is 29.5 Å². The molecule has 5 aromatic rings. The van der Waals surface area contributed by atoms with Crippen LogP contribution in [-0.4, -0.2) is 41.6 Å². The van der Waals surface area contributed by atoms with Crippen LogP contribution < -0.4 is 0 Å². The van der Waals surface area contributed by atoms with Gasteiger partial charge in [-0.05, 0) is 64.7 Å². The molecule has 4 heterocycles. The number of nitrogens with zero attached hydrogens (tertiary/aromatic N) is 6. The lowest BCUT2D eigenvalue weighted by Crippen LogP contribution is -2.32. The first kappa shape index (κ1) is 26.4. The van der Waals surface area contributed by atoms with Crippen molar-refractivity contribution >= 4 is 11.8 Å². The average Bonchev–Trinajstić information content (AvgIpc) is 3.02. The smallest absolute Gasteiger partial charge is 0.254 e. The van der Waals surface area contributed by atoms with Crippen LogP contribution in [0.2, 0.25) is 0 Å². The number of aromatic nitrogens is 4. The Hall–Kier alpha value is -5.24. The van der Waals surface area contributed by atoms with Crippen LogP contribution in [0.15, 0.2) is 122 Å². The SMILES string of the molecule is O=C(c1cccc(C(=O)N(Cc2cccnc2)Cc2cccnc2)c1)N(Cc1cccnc1)Cc1cccnc1. The molecule has 0 saturated heterocycles. The summed E-state index contributed by atoms with van der Waals surface area (Å²) in [6.07, 6.45) is 13.8. The van der Waals surface area contributed by atoms with Crippen LogP contribution in [0.5, 0.6) is 0 Å². The van der Waals surface area contributed by atoms with Gasteiger partial charge in [-0.2, -0.15) is 0 Å². The molecule has 8 heteroatoms. The van der Waals surface area contributed by atoms with Crippen molar-refractivity contribution in [2.45, 2.75) is 26.2 Å². The van der Waals surface area contributed by atoms with Gasteiger partial charge in [-0.1, -0.05) is 30.3 Å². The maximum Gasteiger partial charge on any atom is 0.254 e. The minimum absolute atomic E-state index is 0.187. The molecule has 0 aliphatic rings. The topological polar surface area (TPSA) is 92.2 Å². The third-order valence-electron chi connectivity index (χ3n) is 6.32. The fourth-order valence-electron chi connectivity index (χ4n) is 4.40. The summed E-state index contributed by atoms with van der Waals surface area (Å²) in [6, 6.07) is 22.0. The molecule has 0 radical (unpaired) electrons. The first-order valence-electron chi connectivity index (χ1n) is 12.9. The van der Waals surface area contributed by atoms with Gasteiger partial charge in [0, 0.05) is 86.9 Å². The number of amides is 2. The summed E-state index contributed by atoms with van der Waals surface area (Å²) in [5.41, 5.74) is 4.50. The molecule has 0 atom stereocenters. The number of hydrogen-bond acceptors (Lipinski definition) is 6. The number of carbonyl (C=O) groups excluding carboxylic acids is 2. The summed E-state index contributed by atoms with van der Waals surface area (Å²) in [6.45, 7) is 1.48. The summed E-state index contributed by atoms with van der Waals surface area (Å²) < 4.78 is 0. The van der Waals surface area contributed by atoms with E-state index in [9.17, 15) is 9.59 Å². The van der Waals surface area contributed by atoms with Gasteiger partial charge >= 0.3 is 0 Å². The molecule has 0 aliphatic heterocycles. The van der Waals surface area contributed by atoms with Gasteiger partial charge in [0.15, 0.2) is 0 Å². The van der Waals surface area contributed by atoms with E-state index in [0.717, 1.165) is 22.3 Å². The van der Waals surface area contributed by atoms with Gasteiger partial charge in [-0.15, -0.1) is 0 Å². The Bertz CT molecular complexity index is 1340. The van der Waals surface area contributed by atoms with E-state index in [1.54, 1.807) is 83.6 Å². The summed E-state index contributed by atoms with van der Waals surface area (Å²) in [7, 11) is 0. The summed E-state index contributed by atoms with van der Waals surface area (Å²) >= 11 is 0. The zero-order valence-corrected chi connectivity index (χ0v) is 21.9. The number of hydrogen-bond donors (Lipinski definition) is 0. The Kier molecular flexibility index (Phi) is 8.58. The van der Waals surface area contributed by atoms with Crippen molar-refractivity contribution in [1.82, 2.24) is 29.7 Å². The number of pyridine rings is 4. The van der Waals surface area contributed by atoms with Crippen LogP contribution in [0.1, 0.15) is 43.0 Å². The van der Waals surface area contributed by atoms with Crippen molar-refractivity contribution in [2.24, 2.45) is 0 Å². The lowest BCUT2D eigenvalue weighted by molar-refractivity contribution is 0.0727. The van der Waals surface area contributed by atoms with E-state index in [1.165, 1.54) is 0 Å². The predicted octanol–water partition coefficient (Wildman–Crippen LogP) is 4.95. The molecule has 1 aromatic carbocycles. The fourth-order valence-corrected chi connectivity index (χ4v) is 4.40. The van der Waals surface area contributed by atoms with E-state index in [0.29, 0.717) is 37.3 Å². The molecular formula is C32H28N6O2. The third-order valence-corrected chi connectivity index (χ3v) is 6.32. The van der Waals surface area contributed by atoms with Gasteiger partial charge in [0.1, 0.15) is 0 Å². The van der Waals surface area contributed by atoms with Gasteiger partial charge in [-0.25, -0.2) is 0 Å². The van der Waals surface area contributed by atoms with Crippen molar-refractivity contribution in [2.75, 3.05) is 0 Å². The zero-order chi connectivity index (χ0) is 27.6. The van der Waals surface area contributed by atoms with Crippen molar-refractivity contribution in [3.63, 3.8) is 0 Å². The van der Waals surface area contributed by atoms with Crippen LogP contribution >= 0.6 is 0 Å². The minimum atomic E-state index is -0.187. The van der Waals surface area contributed by atoms with E-state index in [1.807, 2.05) is 48.5 Å². The second kappa shape index (κ2) is 13.0. The summed E-state index contributed by atoms with van der Waals surface area (Å²) in [5, 5.41) is 0. The third kappa shape index (κ3) is 6.99. The number of benzene rings is 1. The largest absolute Gasteiger partial charge is 0.330 e. The molecule has 0 spiro atoms. The molecule has 198 valence electrons. The van der Waals surface area contributed by atoms with Gasteiger partial charge in [0.05, 0.1) is 0 Å². The van der Waals surface area contributed by atoms with E-state index in [2.05, 4.69) is 19.9 Å². The standard InChI is InChI=1S/C32H28N6O2/c39-31(37(21-25-6-2-12-33-17-25)22-26-7-3-13-34-18-26)29-10-1-11-30(16-29)32(40)38(23-27-8-4-14-35-19-27)24-28-9-5-15-36-20-28/h1-20H,21-24H2. The Labute approximate surface area is 233 Å². The monoisotopic (exact) mass is 528 g/mol. The molecule has 4 aromatic heterocycles. The molecule has 0 fully saturated rings. The molecule has 0 N–H and O–H groups in total. The minimum Gasteiger partial charge on any atom is -0.330 e. The first-order chi connectivity index (χ1) is 19.7. The van der Waals surface area contributed by atoms with Crippen molar-refractivity contribution in [1.29, 1.82) is 0 Å². The highest BCUT2D eigenvalue weighted by atomic mass is 16.2. The molecular weight excluding hydrogens is 500 g/mol. The Balaban J connectivity index is 1.41. The van der Waals surface area contributed by atoms with Crippen molar-refractivity contribution in [3.05, 3.63) is 156 Å². The van der Waals surface area contributed by atoms with Crippen LogP contribution in [0.3, 0.4) is 0 Å². The molecule has 0 bridgehead atoms. The molecule has 8 nitrogen and oxygen atoms in total. The number of rotatable bonds is 10. The average molecular weight is 529 g/mol. The Morgan fingerprint density at radius 3 is 1.07 bits per heavy atom. The van der Waals surface area contributed by atoms with E-state index in [4.69, 9.17) is 0 Å². The van der Waals surface area contributed by atoms with Crippen molar-refractivity contribution < 1.29 is 9.59 Å². The predicted molar refractivity (Wildman–Crippen MR) is 151 cm³/mol. The van der Waals surface area contributed by atoms with Crippen LogP contribution in [0, 0.1) is 0 Å². The van der Waals surface area contributed by atoms with Crippen LogP contribution in [-0.2, 0) is 26.2 Å². The first-order valence-corrected chi connectivity index (χ1v) is 12.9. The molecule has 0 saturated carbocycles. The van der Waals surface area contributed by atoms with Crippen LogP contribution in [0.4, 0.5) is 0 Å². The van der Waals surface area contributed by atoms with E-state index < -0.39 is 0 Å². The van der Waals surface area contributed by atoms with E-state index in [-0.39, 0.29) is 11.8 Å². The zero-order valence-electron chi connectivity index (χ0n) is 21.9. The van der Waals surface area contributed by atoms with Crippen LogP contribution in [0.25, 0.3) is 0 Å². The normalized spacial score (nSPS) is 10.6. The molecule has 40 heavy (non-hydrogen) atoms. The Morgan fingerprint density at radius 2 is 0.800 bits per heavy atom. The summed E-state index contributed by atoms with van der Waals surface area (Å²) in [5.74, 6) is -0.373. The second-order valence-electron chi connectivity index (χ2n) is 9.35. The molecule has 0 unspecified atom stereocenters. The highest BCUT2D eigenvalue weighted by molar-refractivity contribution is 5.99. The lowest BCUT2D eigenvalue weighted by Gasteiger charge is -2.25. The highest BCUT2D eigenvalue weighted by Crippen LogP contribution is 2.18. The quantitative estimate of drug-likeness (QED) is 0.255. The van der Waals surface area contributed by atoms with Gasteiger partial charge in [0.25, 0.3) is 11.8 Å². The maximum absolute atomic E-state index is 13.8. The Morgan fingerprint density at radius 1 is 0.475 bits per heavy atom. The number of carbonyl (C=O) groups is 2. The fraction of sp³-hybridized carbons (Fsp3) is 0.125. The second-order valence-corrected chi connectivity index (χ2v) is 9.35. The molecule has 2 amide bonds. The molecule has 0 aliphatic carbocycles. The summed E-state index contributed by atoms with van der Waals surface area (Å²) in [4.78, 5) is 47.9. The van der Waals surface area contributed by atoms with Crippen molar-refractivity contribution in [3.8, 4) is 0 Å². The molecule has 5 rings (SSSR count). The van der Waals surface area contributed by atoms with Gasteiger partial charge < -0.3 is 9.80 Å². The maximum atomic E-state index is 13.8. The highest BCUT2D eigenvalue weighted by Gasteiger charge is 2.21.